The number of likely N-dealkylation sites (N-methyl/N-ethyl adjacent to an activating group) is 1. The summed E-state index contributed by atoms with van der Waals surface area (Å²) < 4.78 is 5.50. The van der Waals surface area contributed by atoms with Crippen molar-refractivity contribution < 1.29 is 14.3 Å². The molecule has 0 spiro atoms. The third kappa shape index (κ3) is 7.02. The highest BCUT2D eigenvalue weighted by Gasteiger charge is 2.25. The lowest BCUT2D eigenvalue weighted by Crippen LogP contribution is -2.43. The minimum absolute atomic E-state index is 0.110. The standard InChI is InChI=1S/C22H29N3O3/c1-22(2,3)28-21(27)25(4)18(16-17-10-6-5-7-11-17)13-15-24-20(26)19-12-8-9-14-23-19/h5-12,14,18H,13,15-16H2,1-4H3,(H,24,26)/t18-/m0/s1. The molecule has 28 heavy (non-hydrogen) atoms. The Hall–Kier alpha value is -2.89. The van der Waals surface area contributed by atoms with E-state index in [0.29, 0.717) is 25.1 Å². The third-order valence-electron chi connectivity index (χ3n) is 4.20. The molecule has 0 fully saturated rings. The van der Waals surface area contributed by atoms with Gasteiger partial charge < -0.3 is 15.0 Å². The number of benzene rings is 1. The molecule has 0 aliphatic heterocycles. The maximum Gasteiger partial charge on any atom is 0.410 e. The van der Waals surface area contributed by atoms with E-state index in [0.717, 1.165) is 5.56 Å². The predicted molar refractivity (Wildman–Crippen MR) is 109 cm³/mol. The van der Waals surface area contributed by atoms with Crippen LogP contribution in [0.5, 0.6) is 0 Å². The number of ether oxygens (including phenoxy) is 1. The number of hydrogen-bond acceptors (Lipinski definition) is 4. The van der Waals surface area contributed by atoms with Gasteiger partial charge in [-0.2, -0.15) is 0 Å². The maximum atomic E-state index is 12.5. The minimum Gasteiger partial charge on any atom is -0.444 e. The number of hydrogen-bond donors (Lipinski definition) is 1. The molecule has 1 N–H and O–H groups in total. The molecule has 2 amide bonds. The average molecular weight is 383 g/mol. The topological polar surface area (TPSA) is 71.5 Å². The Morgan fingerprint density at radius 3 is 2.39 bits per heavy atom. The second kappa shape index (κ2) is 9.88. The summed E-state index contributed by atoms with van der Waals surface area (Å²) in [4.78, 5) is 30.4. The van der Waals surface area contributed by atoms with Gasteiger partial charge in [-0.05, 0) is 51.3 Å². The van der Waals surface area contributed by atoms with Crippen molar-refractivity contribution in [3.05, 3.63) is 66.0 Å². The molecule has 0 radical (unpaired) electrons. The molecule has 2 rings (SSSR count). The van der Waals surface area contributed by atoms with Crippen LogP contribution in [0.15, 0.2) is 54.7 Å². The minimum atomic E-state index is -0.560. The summed E-state index contributed by atoms with van der Waals surface area (Å²) in [5.41, 5.74) is 0.942. The van der Waals surface area contributed by atoms with Crippen LogP contribution in [-0.4, -0.2) is 47.1 Å². The van der Waals surface area contributed by atoms with Gasteiger partial charge in [-0.3, -0.25) is 9.78 Å². The summed E-state index contributed by atoms with van der Waals surface area (Å²) in [5, 5.41) is 2.88. The molecule has 150 valence electrons. The lowest BCUT2D eigenvalue weighted by atomic mass is 10.0. The molecule has 1 atom stereocenters. The first kappa shape index (κ1) is 21.4. The fourth-order valence-corrected chi connectivity index (χ4v) is 2.74. The zero-order valence-electron chi connectivity index (χ0n) is 17.0. The van der Waals surface area contributed by atoms with Gasteiger partial charge in [0.15, 0.2) is 0 Å². The molecule has 1 aromatic carbocycles. The summed E-state index contributed by atoms with van der Waals surface area (Å²) >= 11 is 0. The molecule has 1 aromatic heterocycles. The zero-order valence-corrected chi connectivity index (χ0v) is 17.0. The van der Waals surface area contributed by atoms with Crippen LogP contribution >= 0.6 is 0 Å². The van der Waals surface area contributed by atoms with Crippen LogP contribution in [-0.2, 0) is 11.2 Å². The van der Waals surface area contributed by atoms with Crippen molar-refractivity contribution in [1.82, 2.24) is 15.2 Å². The molecule has 1 heterocycles. The van der Waals surface area contributed by atoms with Crippen LogP contribution in [0.3, 0.4) is 0 Å². The van der Waals surface area contributed by atoms with Crippen molar-refractivity contribution in [2.45, 2.75) is 45.3 Å². The third-order valence-corrected chi connectivity index (χ3v) is 4.20. The van der Waals surface area contributed by atoms with Gasteiger partial charge in [0, 0.05) is 25.8 Å². The van der Waals surface area contributed by atoms with E-state index < -0.39 is 5.60 Å². The largest absolute Gasteiger partial charge is 0.444 e. The van der Waals surface area contributed by atoms with Gasteiger partial charge in [-0.25, -0.2) is 4.79 Å². The first-order chi connectivity index (χ1) is 13.3. The van der Waals surface area contributed by atoms with Crippen molar-refractivity contribution in [3.63, 3.8) is 0 Å². The normalized spacial score (nSPS) is 12.1. The van der Waals surface area contributed by atoms with Gasteiger partial charge >= 0.3 is 6.09 Å². The Kier molecular flexibility index (Phi) is 7.55. The molecule has 6 nitrogen and oxygen atoms in total. The van der Waals surface area contributed by atoms with Gasteiger partial charge in [0.2, 0.25) is 0 Å². The first-order valence-electron chi connectivity index (χ1n) is 9.45. The number of nitrogens with one attached hydrogen (secondary N) is 1. The number of carbonyl (C=O) groups excluding carboxylic acids is 2. The summed E-state index contributed by atoms with van der Waals surface area (Å²) in [7, 11) is 1.74. The number of nitrogens with zero attached hydrogens (tertiary/aromatic N) is 2. The number of aromatic nitrogens is 1. The van der Waals surface area contributed by atoms with E-state index in [-0.39, 0.29) is 18.0 Å². The van der Waals surface area contributed by atoms with Crippen molar-refractivity contribution in [1.29, 1.82) is 0 Å². The number of amides is 2. The van der Waals surface area contributed by atoms with Gasteiger partial charge in [0.25, 0.3) is 5.91 Å². The molecule has 0 saturated carbocycles. The molecule has 0 bridgehead atoms. The molecule has 0 saturated heterocycles. The summed E-state index contributed by atoms with van der Waals surface area (Å²) in [6, 6.07) is 15.1. The molecule has 0 aliphatic carbocycles. The van der Waals surface area contributed by atoms with E-state index >= 15 is 0 Å². The highest BCUT2D eigenvalue weighted by Crippen LogP contribution is 2.15. The van der Waals surface area contributed by atoms with Crippen LogP contribution in [0.4, 0.5) is 4.79 Å². The fourth-order valence-electron chi connectivity index (χ4n) is 2.74. The van der Waals surface area contributed by atoms with Crippen LogP contribution in [0.1, 0.15) is 43.2 Å². The Labute approximate surface area is 166 Å². The predicted octanol–water partition coefficient (Wildman–Crippen LogP) is 3.68. The molecular weight excluding hydrogens is 354 g/mol. The Balaban J connectivity index is 2.01. The zero-order chi connectivity index (χ0) is 20.6. The van der Waals surface area contributed by atoms with Gasteiger partial charge in [-0.15, -0.1) is 0 Å². The fraction of sp³-hybridized carbons (Fsp3) is 0.409. The van der Waals surface area contributed by atoms with Crippen LogP contribution in [0.25, 0.3) is 0 Å². The Morgan fingerprint density at radius 1 is 1.11 bits per heavy atom. The van der Waals surface area contributed by atoms with E-state index in [4.69, 9.17) is 4.74 Å². The van der Waals surface area contributed by atoms with Gasteiger partial charge in [0.1, 0.15) is 11.3 Å². The highest BCUT2D eigenvalue weighted by molar-refractivity contribution is 5.92. The van der Waals surface area contributed by atoms with Crippen LogP contribution in [0, 0.1) is 0 Å². The quantitative estimate of drug-likeness (QED) is 0.792. The average Bonchev–Trinajstić information content (AvgIpc) is 2.66. The second-order valence-corrected chi connectivity index (χ2v) is 7.69. The molecular formula is C22H29N3O3. The lowest BCUT2D eigenvalue weighted by Gasteiger charge is -2.31. The van der Waals surface area contributed by atoms with Crippen molar-refractivity contribution >= 4 is 12.0 Å². The van der Waals surface area contributed by atoms with Gasteiger partial charge in [-0.1, -0.05) is 36.4 Å². The Bertz CT molecular complexity index is 758. The van der Waals surface area contributed by atoms with E-state index in [1.54, 1.807) is 36.3 Å². The SMILES string of the molecule is CN(C(=O)OC(C)(C)C)[C@@H](CCNC(=O)c1ccccn1)Cc1ccccc1. The summed E-state index contributed by atoms with van der Waals surface area (Å²) in [6.45, 7) is 5.97. The van der Waals surface area contributed by atoms with E-state index in [2.05, 4.69) is 10.3 Å². The summed E-state index contributed by atoms with van der Waals surface area (Å²) in [6.07, 6.45) is 2.49. The molecule has 2 aromatic rings. The van der Waals surface area contributed by atoms with E-state index in [1.165, 1.54) is 0 Å². The first-order valence-corrected chi connectivity index (χ1v) is 9.45. The van der Waals surface area contributed by atoms with Gasteiger partial charge in [0.05, 0.1) is 0 Å². The van der Waals surface area contributed by atoms with E-state index in [9.17, 15) is 9.59 Å². The maximum absolute atomic E-state index is 12.5. The second-order valence-electron chi connectivity index (χ2n) is 7.69. The van der Waals surface area contributed by atoms with E-state index in [1.807, 2.05) is 51.1 Å². The number of pyridine rings is 1. The summed E-state index contributed by atoms with van der Waals surface area (Å²) in [5.74, 6) is -0.223. The van der Waals surface area contributed by atoms with Crippen molar-refractivity contribution in [2.75, 3.05) is 13.6 Å². The number of rotatable bonds is 7. The van der Waals surface area contributed by atoms with Crippen molar-refractivity contribution in [3.8, 4) is 0 Å². The smallest absolute Gasteiger partial charge is 0.410 e. The molecule has 6 heteroatoms. The molecule has 0 unspecified atom stereocenters. The van der Waals surface area contributed by atoms with Crippen LogP contribution in [0.2, 0.25) is 0 Å². The van der Waals surface area contributed by atoms with Crippen LogP contribution < -0.4 is 5.32 Å². The lowest BCUT2D eigenvalue weighted by molar-refractivity contribution is 0.0215. The number of carbonyl (C=O) groups is 2. The monoisotopic (exact) mass is 383 g/mol. The highest BCUT2D eigenvalue weighted by atomic mass is 16.6. The van der Waals surface area contributed by atoms with Crippen molar-refractivity contribution in [2.24, 2.45) is 0 Å². The Morgan fingerprint density at radius 2 is 1.79 bits per heavy atom. The molecule has 0 aliphatic rings.